The number of hydrogen-bond donors (Lipinski definition) is 1. The van der Waals surface area contributed by atoms with Crippen molar-refractivity contribution in [2.24, 2.45) is 5.92 Å². The first-order chi connectivity index (χ1) is 7.84. The highest BCUT2D eigenvalue weighted by atomic mass is 32.2. The Morgan fingerprint density at radius 1 is 1.19 bits per heavy atom. The van der Waals surface area contributed by atoms with Crippen molar-refractivity contribution >= 4 is 17.5 Å². The molecule has 0 aromatic heterocycles. The van der Waals surface area contributed by atoms with Crippen LogP contribution in [0, 0.1) is 5.92 Å². The number of rotatable bonds is 4. The maximum Gasteiger partial charge on any atom is 0.134 e. The van der Waals surface area contributed by atoms with Gasteiger partial charge in [-0.05, 0) is 5.92 Å². The molecule has 1 unspecified atom stereocenters. The van der Waals surface area contributed by atoms with Crippen molar-refractivity contribution in [3.05, 3.63) is 0 Å². The molecule has 3 heteroatoms. The summed E-state index contributed by atoms with van der Waals surface area (Å²) in [5.74, 6) is 3.52. The minimum Gasteiger partial charge on any atom is -0.312 e. The molecule has 1 saturated carbocycles. The largest absolute Gasteiger partial charge is 0.312 e. The van der Waals surface area contributed by atoms with Gasteiger partial charge >= 0.3 is 0 Å². The average molecular weight is 241 g/mol. The third-order valence-electron chi connectivity index (χ3n) is 3.71. The Kier molecular flexibility index (Phi) is 5.17. The third-order valence-corrected chi connectivity index (χ3v) is 4.84. The number of carbonyl (C=O) groups excluding carboxylic acids is 1. The van der Waals surface area contributed by atoms with E-state index < -0.39 is 0 Å². The van der Waals surface area contributed by atoms with Crippen molar-refractivity contribution in [2.45, 2.75) is 51.0 Å². The predicted octanol–water partition coefficient (Wildman–Crippen LogP) is 2.62. The molecule has 1 N–H and O–H groups in total. The van der Waals surface area contributed by atoms with Gasteiger partial charge in [0.2, 0.25) is 0 Å². The number of nitrogens with one attached hydrogen (secondary N) is 1. The van der Waals surface area contributed by atoms with Gasteiger partial charge in [-0.15, -0.1) is 0 Å². The molecule has 0 radical (unpaired) electrons. The fourth-order valence-corrected chi connectivity index (χ4v) is 3.77. The Hall–Kier alpha value is -0.0200. The number of thioether (sulfide) groups is 1. The first-order valence-electron chi connectivity index (χ1n) is 6.67. The molecule has 2 rings (SSSR count). The summed E-state index contributed by atoms with van der Waals surface area (Å²) in [6.45, 7) is 1.08. The lowest BCUT2D eigenvalue weighted by Crippen LogP contribution is -2.39. The van der Waals surface area contributed by atoms with E-state index >= 15 is 0 Å². The molecule has 1 atom stereocenters. The monoisotopic (exact) mass is 241 g/mol. The van der Waals surface area contributed by atoms with E-state index in [1.165, 1.54) is 37.9 Å². The summed E-state index contributed by atoms with van der Waals surface area (Å²) >= 11 is 1.98. The fraction of sp³-hybridized carbons (Fsp3) is 0.923. The zero-order valence-electron chi connectivity index (χ0n) is 10.0. The Balaban J connectivity index is 1.66. The molecule has 0 bridgehead atoms. The standard InChI is InChI=1S/C13H23NOS/c15-13(8-11-4-2-1-3-5-11)9-12-10-16-7-6-14-12/h11-12,14H,1-10H2. The molecule has 0 spiro atoms. The van der Waals surface area contributed by atoms with Crippen LogP contribution in [0.4, 0.5) is 0 Å². The summed E-state index contributed by atoms with van der Waals surface area (Å²) in [4.78, 5) is 11.9. The van der Waals surface area contributed by atoms with Crippen LogP contribution in [0.3, 0.4) is 0 Å². The van der Waals surface area contributed by atoms with E-state index in [1.54, 1.807) is 0 Å². The van der Waals surface area contributed by atoms with Gasteiger partial charge in [0, 0.05) is 36.9 Å². The van der Waals surface area contributed by atoms with Crippen LogP contribution in [-0.2, 0) is 4.79 Å². The highest BCUT2D eigenvalue weighted by Crippen LogP contribution is 2.27. The Morgan fingerprint density at radius 3 is 2.69 bits per heavy atom. The molecule has 2 nitrogen and oxygen atoms in total. The average Bonchev–Trinajstić information content (AvgIpc) is 2.31. The zero-order valence-corrected chi connectivity index (χ0v) is 10.9. The van der Waals surface area contributed by atoms with Crippen molar-refractivity contribution in [1.82, 2.24) is 5.32 Å². The van der Waals surface area contributed by atoms with Crippen LogP contribution in [0.5, 0.6) is 0 Å². The lowest BCUT2D eigenvalue weighted by Gasteiger charge is -2.24. The molecule has 2 aliphatic rings. The maximum atomic E-state index is 11.9. The number of ketones is 1. The van der Waals surface area contributed by atoms with E-state index in [4.69, 9.17) is 0 Å². The molecule has 1 aliphatic carbocycles. The van der Waals surface area contributed by atoms with Gasteiger partial charge in [0.05, 0.1) is 0 Å². The quantitative estimate of drug-likeness (QED) is 0.820. The number of Topliss-reactive ketones (excluding diaryl/α,β-unsaturated/α-hetero) is 1. The predicted molar refractivity (Wildman–Crippen MR) is 69.9 cm³/mol. The Morgan fingerprint density at radius 2 is 2.00 bits per heavy atom. The van der Waals surface area contributed by atoms with E-state index in [1.807, 2.05) is 11.8 Å². The molecule has 1 aliphatic heterocycles. The maximum absolute atomic E-state index is 11.9. The minimum absolute atomic E-state index is 0.454. The third kappa shape index (κ3) is 4.10. The highest BCUT2D eigenvalue weighted by molar-refractivity contribution is 7.99. The lowest BCUT2D eigenvalue weighted by atomic mass is 9.85. The van der Waals surface area contributed by atoms with E-state index in [0.717, 1.165) is 25.1 Å². The molecule has 0 aromatic rings. The smallest absolute Gasteiger partial charge is 0.134 e. The SMILES string of the molecule is O=C(CC1CCCCC1)CC1CSCCN1. The second kappa shape index (κ2) is 6.65. The summed E-state index contributed by atoms with van der Waals surface area (Å²) in [5.41, 5.74) is 0. The van der Waals surface area contributed by atoms with Crippen LogP contribution in [0.25, 0.3) is 0 Å². The highest BCUT2D eigenvalue weighted by Gasteiger charge is 2.20. The molecule has 1 saturated heterocycles. The van der Waals surface area contributed by atoms with E-state index in [2.05, 4.69) is 5.32 Å². The van der Waals surface area contributed by atoms with Crippen LogP contribution in [0.1, 0.15) is 44.9 Å². The van der Waals surface area contributed by atoms with Crippen LogP contribution in [-0.4, -0.2) is 29.9 Å². The van der Waals surface area contributed by atoms with Gasteiger partial charge in [0.1, 0.15) is 5.78 Å². The molecule has 92 valence electrons. The number of carbonyl (C=O) groups is 1. The van der Waals surface area contributed by atoms with Crippen molar-refractivity contribution < 1.29 is 4.79 Å². The van der Waals surface area contributed by atoms with Gasteiger partial charge < -0.3 is 5.32 Å². The molecule has 0 amide bonds. The van der Waals surface area contributed by atoms with Gasteiger partial charge in [-0.1, -0.05) is 32.1 Å². The van der Waals surface area contributed by atoms with E-state index in [0.29, 0.717) is 17.7 Å². The normalized spacial score (nSPS) is 27.9. The van der Waals surface area contributed by atoms with Crippen LogP contribution < -0.4 is 5.32 Å². The zero-order chi connectivity index (χ0) is 11.2. The summed E-state index contributed by atoms with van der Waals surface area (Å²) in [7, 11) is 0. The van der Waals surface area contributed by atoms with Crippen LogP contribution >= 0.6 is 11.8 Å². The first-order valence-corrected chi connectivity index (χ1v) is 7.83. The second-order valence-electron chi connectivity index (χ2n) is 5.18. The molecule has 0 aromatic carbocycles. The summed E-state index contributed by atoms with van der Waals surface area (Å²) < 4.78 is 0. The lowest BCUT2D eigenvalue weighted by molar-refractivity contribution is -0.120. The van der Waals surface area contributed by atoms with Crippen molar-refractivity contribution in [1.29, 1.82) is 0 Å². The van der Waals surface area contributed by atoms with Gasteiger partial charge in [0.15, 0.2) is 0 Å². The summed E-state index contributed by atoms with van der Waals surface area (Å²) in [6, 6.07) is 0.454. The van der Waals surface area contributed by atoms with Gasteiger partial charge in [-0.3, -0.25) is 4.79 Å². The van der Waals surface area contributed by atoms with Crippen molar-refractivity contribution in [2.75, 3.05) is 18.1 Å². The molecular weight excluding hydrogens is 218 g/mol. The summed E-state index contributed by atoms with van der Waals surface area (Å²) in [6.07, 6.45) is 8.26. The second-order valence-corrected chi connectivity index (χ2v) is 6.33. The molecule has 16 heavy (non-hydrogen) atoms. The fourth-order valence-electron chi connectivity index (χ4n) is 2.82. The topological polar surface area (TPSA) is 29.1 Å². The minimum atomic E-state index is 0.454. The summed E-state index contributed by atoms with van der Waals surface area (Å²) in [5, 5.41) is 3.45. The molecular formula is C13H23NOS. The van der Waals surface area contributed by atoms with Crippen molar-refractivity contribution in [3.8, 4) is 0 Å². The van der Waals surface area contributed by atoms with Crippen LogP contribution in [0.15, 0.2) is 0 Å². The van der Waals surface area contributed by atoms with E-state index in [-0.39, 0.29) is 0 Å². The Bertz CT molecular complexity index is 198. The van der Waals surface area contributed by atoms with Crippen molar-refractivity contribution in [3.63, 3.8) is 0 Å². The Labute approximate surface area is 103 Å². The van der Waals surface area contributed by atoms with Crippen LogP contribution in [0.2, 0.25) is 0 Å². The molecule has 2 fully saturated rings. The van der Waals surface area contributed by atoms with Gasteiger partial charge in [-0.2, -0.15) is 11.8 Å². The number of hydrogen-bond acceptors (Lipinski definition) is 3. The van der Waals surface area contributed by atoms with E-state index in [9.17, 15) is 4.79 Å². The first kappa shape index (κ1) is 12.4. The van der Waals surface area contributed by atoms with Gasteiger partial charge in [0.25, 0.3) is 0 Å². The van der Waals surface area contributed by atoms with Gasteiger partial charge in [-0.25, -0.2) is 0 Å². The molecule has 1 heterocycles.